The van der Waals surface area contributed by atoms with Crippen LogP contribution in [-0.4, -0.2) is 44.5 Å². The Balaban J connectivity index is 1.44. The van der Waals surface area contributed by atoms with Gasteiger partial charge in [-0.2, -0.15) is 0 Å². The minimum atomic E-state index is -0.978. The van der Waals surface area contributed by atoms with Crippen molar-refractivity contribution in [1.29, 1.82) is 0 Å². The van der Waals surface area contributed by atoms with Crippen LogP contribution in [0.3, 0.4) is 0 Å². The zero-order chi connectivity index (χ0) is 24.8. The van der Waals surface area contributed by atoms with Gasteiger partial charge in [0.05, 0.1) is 36.6 Å². The van der Waals surface area contributed by atoms with Crippen LogP contribution in [-0.2, 0) is 17.9 Å². The molecular weight excluding hydrogens is 475 g/mol. The summed E-state index contributed by atoms with van der Waals surface area (Å²) in [4.78, 5) is 13.9. The monoisotopic (exact) mass is 500 g/mol. The highest BCUT2D eigenvalue weighted by molar-refractivity contribution is 6.31. The second kappa shape index (κ2) is 11.3. The first-order valence-electron chi connectivity index (χ1n) is 11.1. The van der Waals surface area contributed by atoms with E-state index in [0.29, 0.717) is 60.7 Å². The number of carboxylic acid groups (broad SMARTS) is 1. The molecule has 0 saturated carbocycles. The van der Waals surface area contributed by atoms with Crippen molar-refractivity contribution in [2.75, 3.05) is 43.6 Å². The van der Waals surface area contributed by atoms with Crippen molar-refractivity contribution in [3.05, 3.63) is 82.1 Å². The van der Waals surface area contributed by atoms with Gasteiger partial charge in [-0.3, -0.25) is 0 Å². The maximum Gasteiger partial charge on any atom is 0.337 e. The van der Waals surface area contributed by atoms with E-state index in [9.17, 15) is 14.3 Å². The smallest absolute Gasteiger partial charge is 0.337 e. The van der Waals surface area contributed by atoms with Crippen LogP contribution in [0.4, 0.5) is 15.8 Å². The number of morpholine rings is 1. The van der Waals surface area contributed by atoms with Gasteiger partial charge in [-0.1, -0.05) is 23.7 Å². The highest BCUT2D eigenvalue weighted by atomic mass is 35.5. The molecule has 1 aliphatic heterocycles. The Kier molecular flexibility index (Phi) is 7.94. The fourth-order valence-corrected chi connectivity index (χ4v) is 4.08. The standard InChI is InChI=1S/C26H26ClFN2O5/c1-33-25-13-17(5-8-24(25)35-16-20-21(27)3-2-4-22(20)28)15-29-18-6-7-23(19(14-18)26(31)32)30-9-11-34-12-10-30/h2-8,13-14,29H,9-12,15-16H2,1H3,(H,31,32). The van der Waals surface area contributed by atoms with Gasteiger partial charge in [-0.25, -0.2) is 9.18 Å². The van der Waals surface area contributed by atoms with E-state index in [0.717, 1.165) is 5.56 Å². The number of hydrogen-bond acceptors (Lipinski definition) is 6. The Bertz CT molecular complexity index is 1180. The summed E-state index contributed by atoms with van der Waals surface area (Å²) < 4.78 is 30.6. The van der Waals surface area contributed by atoms with Crippen molar-refractivity contribution < 1.29 is 28.5 Å². The van der Waals surface area contributed by atoms with E-state index in [4.69, 9.17) is 25.8 Å². The number of benzene rings is 3. The average Bonchev–Trinajstić information content (AvgIpc) is 2.87. The molecule has 3 aromatic rings. The second-order valence-electron chi connectivity index (χ2n) is 7.96. The highest BCUT2D eigenvalue weighted by Crippen LogP contribution is 2.31. The number of halogens is 2. The van der Waals surface area contributed by atoms with E-state index >= 15 is 0 Å². The van der Waals surface area contributed by atoms with Crippen LogP contribution in [0.1, 0.15) is 21.5 Å². The lowest BCUT2D eigenvalue weighted by Gasteiger charge is -2.30. The summed E-state index contributed by atoms with van der Waals surface area (Å²) in [6.07, 6.45) is 0. The number of nitrogens with zero attached hydrogens (tertiary/aromatic N) is 1. The number of methoxy groups -OCH3 is 1. The Hall–Kier alpha value is -3.49. The third-order valence-corrected chi connectivity index (χ3v) is 6.09. The maximum absolute atomic E-state index is 14.0. The number of carboxylic acids is 1. The first-order chi connectivity index (χ1) is 17.0. The first kappa shape index (κ1) is 24.6. The van der Waals surface area contributed by atoms with Crippen LogP contribution in [0.25, 0.3) is 0 Å². The van der Waals surface area contributed by atoms with E-state index in [1.54, 1.807) is 24.3 Å². The molecule has 35 heavy (non-hydrogen) atoms. The summed E-state index contributed by atoms with van der Waals surface area (Å²) in [5.74, 6) is -0.463. The molecule has 0 aromatic heterocycles. The Morgan fingerprint density at radius 2 is 1.94 bits per heavy atom. The third-order valence-electron chi connectivity index (χ3n) is 5.74. The molecule has 9 heteroatoms. The van der Waals surface area contributed by atoms with Gasteiger partial charge in [0.2, 0.25) is 0 Å². The molecule has 3 aromatic carbocycles. The molecule has 1 aliphatic rings. The Labute approximate surface area is 208 Å². The predicted octanol–water partition coefficient (Wildman–Crippen LogP) is 5.21. The van der Waals surface area contributed by atoms with Gasteiger partial charge in [0.25, 0.3) is 0 Å². The zero-order valence-corrected chi connectivity index (χ0v) is 20.0. The Morgan fingerprint density at radius 3 is 2.66 bits per heavy atom. The number of ether oxygens (including phenoxy) is 3. The van der Waals surface area contributed by atoms with Crippen molar-refractivity contribution in [2.24, 2.45) is 0 Å². The molecule has 0 radical (unpaired) electrons. The second-order valence-corrected chi connectivity index (χ2v) is 8.37. The Morgan fingerprint density at radius 1 is 1.14 bits per heavy atom. The first-order valence-corrected chi connectivity index (χ1v) is 11.5. The van der Waals surface area contributed by atoms with Crippen molar-refractivity contribution in [1.82, 2.24) is 0 Å². The molecule has 0 amide bonds. The van der Waals surface area contributed by atoms with Gasteiger partial charge in [-0.15, -0.1) is 0 Å². The van der Waals surface area contributed by atoms with Crippen LogP contribution in [0.5, 0.6) is 11.5 Å². The molecule has 1 heterocycles. The van der Waals surface area contributed by atoms with Crippen molar-refractivity contribution >= 4 is 28.9 Å². The molecule has 0 aliphatic carbocycles. The minimum Gasteiger partial charge on any atom is -0.493 e. The van der Waals surface area contributed by atoms with Crippen LogP contribution in [0, 0.1) is 5.82 Å². The fourth-order valence-electron chi connectivity index (χ4n) is 3.86. The number of nitrogens with one attached hydrogen (secondary N) is 1. The van der Waals surface area contributed by atoms with E-state index in [2.05, 4.69) is 5.32 Å². The summed E-state index contributed by atoms with van der Waals surface area (Å²) in [6, 6.07) is 15.2. The summed E-state index contributed by atoms with van der Waals surface area (Å²) in [5, 5.41) is 13.3. The summed E-state index contributed by atoms with van der Waals surface area (Å²) >= 11 is 6.07. The third kappa shape index (κ3) is 5.96. The summed E-state index contributed by atoms with van der Waals surface area (Å²) in [6.45, 7) is 2.87. The van der Waals surface area contributed by atoms with E-state index in [-0.39, 0.29) is 17.7 Å². The van der Waals surface area contributed by atoms with Crippen LogP contribution >= 0.6 is 11.6 Å². The molecule has 1 fully saturated rings. The topological polar surface area (TPSA) is 80.3 Å². The zero-order valence-electron chi connectivity index (χ0n) is 19.2. The van der Waals surface area contributed by atoms with Crippen molar-refractivity contribution in [2.45, 2.75) is 13.2 Å². The fraction of sp³-hybridized carbons (Fsp3) is 0.269. The summed E-state index contributed by atoms with van der Waals surface area (Å²) in [7, 11) is 1.53. The number of anilines is 2. The van der Waals surface area contributed by atoms with E-state index in [1.807, 2.05) is 29.2 Å². The molecule has 2 N–H and O–H groups in total. The number of carbonyl (C=O) groups is 1. The van der Waals surface area contributed by atoms with Crippen LogP contribution < -0.4 is 19.7 Å². The lowest BCUT2D eigenvalue weighted by Crippen LogP contribution is -2.37. The average molecular weight is 501 g/mol. The molecular formula is C26H26ClFN2O5. The van der Waals surface area contributed by atoms with Gasteiger partial charge in [0.15, 0.2) is 11.5 Å². The SMILES string of the molecule is COc1cc(CNc2ccc(N3CCOCC3)c(C(=O)O)c2)ccc1OCc1c(F)cccc1Cl. The molecule has 184 valence electrons. The quantitative estimate of drug-likeness (QED) is 0.417. The predicted molar refractivity (Wildman–Crippen MR) is 132 cm³/mol. The maximum atomic E-state index is 14.0. The molecule has 0 atom stereocenters. The van der Waals surface area contributed by atoms with E-state index < -0.39 is 11.8 Å². The molecule has 1 saturated heterocycles. The van der Waals surface area contributed by atoms with Gasteiger partial charge in [0, 0.05) is 30.9 Å². The summed E-state index contributed by atoms with van der Waals surface area (Å²) in [5.41, 5.74) is 2.78. The number of aromatic carboxylic acids is 1. The number of rotatable bonds is 9. The van der Waals surface area contributed by atoms with E-state index in [1.165, 1.54) is 13.2 Å². The lowest BCUT2D eigenvalue weighted by molar-refractivity contribution is 0.0696. The van der Waals surface area contributed by atoms with Gasteiger partial charge < -0.3 is 29.5 Å². The molecule has 7 nitrogen and oxygen atoms in total. The van der Waals surface area contributed by atoms with Crippen molar-refractivity contribution in [3.8, 4) is 11.5 Å². The number of hydrogen-bond donors (Lipinski definition) is 2. The van der Waals surface area contributed by atoms with Gasteiger partial charge in [0.1, 0.15) is 12.4 Å². The van der Waals surface area contributed by atoms with Crippen LogP contribution in [0.2, 0.25) is 5.02 Å². The minimum absolute atomic E-state index is 0.0348. The molecule has 0 spiro atoms. The van der Waals surface area contributed by atoms with Gasteiger partial charge in [-0.05, 0) is 48.0 Å². The van der Waals surface area contributed by atoms with Crippen LogP contribution in [0.15, 0.2) is 54.6 Å². The van der Waals surface area contributed by atoms with Crippen molar-refractivity contribution in [3.63, 3.8) is 0 Å². The van der Waals surface area contributed by atoms with Gasteiger partial charge >= 0.3 is 5.97 Å². The normalized spacial score (nSPS) is 13.4. The largest absolute Gasteiger partial charge is 0.493 e. The molecule has 0 unspecified atom stereocenters. The highest BCUT2D eigenvalue weighted by Gasteiger charge is 2.19. The molecule has 4 rings (SSSR count). The lowest BCUT2D eigenvalue weighted by atomic mass is 10.1. The molecule has 0 bridgehead atoms.